The van der Waals surface area contributed by atoms with E-state index in [0.29, 0.717) is 0 Å². The standard InChI is InChI=1S/C8H13FN2O2S/c1-8(2,3)7-6(14(9,12)13)5-11(4)10-7/h5H,1-4H3. The summed E-state index contributed by atoms with van der Waals surface area (Å²) in [5, 5.41) is 3.95. The maximum Gasteiger partial charge on any atom is 0.335 e. The molecule has 0 spiro atoms. The summed E-state index contributed by atoms with van der Waals surface area (Å²) in [5.41, 5.74) is -0.238. The van der Waals surface area contributed by atoms with Crippen molar-refractivity contribution in [1.29, 1.82) is 0 Å². The van der Waals surface area contributed by atoms with Crippen LogP contribution in [-0.2, 0) is 22.7 Å². The quantitative estimate of drug-likeness (QED) is 0.672. The predicted molar refractivity (Wildman–Crippen MR) is 50.2 cm³/mol. The van der Waals surface area contributed by atoms with Crippen molar-refractivity contribution in [2.45, 2.75) is 31.1 Å². The largest absolute Gasteiger partial charge is 0.335 e. The lowest BCUT2D eigenvalue weighted by atomic mass is 9.92. The third-order valence-corrected chi connectivity index (χ3v) is 2.59. The normalized spacial score (nSPS) is 13.2. The van der Waals surface area contributed by atoms with Gasteiger partial charge in [0.15, 0.2) is 0 Å². The molecule has 0 bridgehead atoms. The molecule has 0 aliphatic carbocycles. The molecule has 0 aliphatic rings. The number of halogens is 1. The van der Waals surface area contributed by atoms with Gasteiger partial charge in [0.1, 0.15) is 4.90 Å². The van der Waals surface area contributed by atoms with Crippen molar-refractivity contribution < 1.29 is 12.3 Å². The highest BCUT2D eigenvalue weighted by Gasteiger charge is 2.29. The molecule has 0 atom stereocenters. The van der Waals surface area contributed by atoms with Crippen LogP contribution in [0.3, 0.4) is 0 Å². The van der Waals surface area contributed by atoms with Crippen molar-refractivity contribution in [2.75, 3.05) is 0 Å². The van der Waals surface area contributed by atoms with Crippen molar-refractivity contribution in [3.05, 3.63) is 11.9 Å². The molecule has 0 radical (unpaired) electrons. The molecule has 0 fully saturated rings. The Labute approximate surface area is 82.9 Å². The summed E-state index contributed by atoms with van der Waals surface area (Å²) >= 11 is 0. The van der Waals surface area contributed by atoms with E-state index in [0.717, 1.165) is 0 Å². The lowest BCUT2D eigenvalue weighted by Crippen LogP contribution is -2.15. The van der Waals surface area contributed by atoms with Gasteiger partial charge >= 0.3 is 10.2 Å². The molecule has 1 rings (SSSR count). The first-order chi connectivity index (χ1) is 6.12. The summed E-state index contributed by atoms with van der Waals surface area (Å²) in [5.74, 6) is 0. The van der Waals surface area contributed by atoms with E-state index in [9.17, 15) is 12.3 Å². The summed E-state index contributed by atoms with van der Waals surface area (Å²) in [6, 6.07) is 0. The maximum absolute atomic E-state index is 12.8. The maximum atomic E-state index is 12.8. The van der Waals surface area contributed by atoms with Crippen molar-refractivity contribution in [2.24, 2.45) is 7.05 Å². The second-order valence-electron chi connectivity index (χ2n) is 4.20. The third-order valence-electron chi connectivity index (χ3n) is 1.77. The van der Waals surface area contributed by atoms with Crippen molar-refractivity contribution >= 4 is 10.2 Å². The SMILES string of the molecule is Cn1cc(S(=O)(=O)F)c(C(C)(C)C)n1. The van der Waals surface area contributed by atoms with Crippen molar-refractivity contribution in [1.82, 2.24) is 9.78 Å². The minimum Gasteiger partial charge on any atom is -0.274 e. The highest BCUT2D eigenvalue weighted by Crippen LogP contribution is 2.28. The summed E-state index contributed by atoms with van der Waals surface area (Å²) in [6.07, 6.45) is 1.18. The molecular formula is C8H13FN2O2S. The van der Waals surface area contributed by atoms with Crippen LogP contribution in [0.5, 0.6) is 0 Å². The van der Waals surface area contributed by atoms with E-state index in [-0.39, 0.29) is 10.6 Å². The van der Waals surface area contributed by atoms with Gasteiger partial charge in [-0.2, -0.15) is 13.5 Å². The number of nitrogens with zero attached hydrogens (tertiary/aromatic N) is 2. The van der Waals surface area contributed by atoms with Crippen LogP contribution in [0.25, 0.3) is 0 Å². The number of rotatable bonds is 1. The van der Waals surface area contributed by atoms with Gasteiger partial charge in [-0.25, -0.2) is 0 Å². The van der Waals surface area contributed by atoms with E-state index >= 15 is 0 Å². The van der Waals surface area contributed by atoms with Crippen LogP contribution < -0.4 is 0 Å². The Morgan fingerprint density at radius 3 is 2.21 bits per heavy atom. The van der Waals surface area contributed by atoms with E-state index in [1.807, 2.05) is 0 Å². The topological polar surface area (TPSA) is 52.0 Å². The van der Waals surface area contributed by atoms with E-state index in [2.05, 4.69) is 5.10 Å². The molecule has 0 unspecified atom stereocenters. The molecule has 0 saturated heterocycles. The van der Waals surface area contributed by atoms with Gasteiger partial charge in [0.2, 0.25) is 0 Å². The molecule has 4 nitrogen and oxygen atoms in total. The van der Waals surface area contributed by atoms with Crippen LogP contribution in [-0.4, -0.2) is 18.2 Å². The fraction of sp³-hybridized carbons (Fsp3) is 0.625. The van der Waals surface area contributed by atoms with Gasteiger partial charge in [-0.3, -0.25) is 4.68 Å². The molecule has 0 saturated carbocycles. The van der Waals surface area contributed by atoms with Gasteiger partial charge in [-0.1, -0.05) is 20.8 Å². The van der Waals surface area contributed by atoms with Gasteiger partial charge in [-0.15, -0.1) is 3.89 Å². The fourth-order valence-corrected chi connectivity index (χ4v) is 2.02. The highest BCUT2D eigenvalue weighted by atomic mass is 32.3. The second-order valence-corrected chi connectivity index (χ2v) is 5.52. The summed E-state index contributed by atoms with van der Waals surface area (Å²) in [4.78, 5) is -0.340. The van der Waals surface area contributed by atoms with Gasteiger partial charge < -0.3 is 0 Å². The van der Waals surface area contributed by atoms with E-state index < -0.39 is 15.6 Å². The van der Waals surface area contributed by atoms with Crippen LogP contribution in [0.15, 0.2) is 11.1 Å². The van der Waals surface area contributed by atoms with E-state index in [1.165, 1.54) is 10.9 Å². The zero-order chi connectivity index (χ0) is 11.1. The Morgan fingerprint density at radius 1 is 1.43 bits per heavy atom. The Kier molecular flexibility index (Phi) is 2.43. The smallest absolute Gasteiger partial charge is 0.274 e. The molecule has 6 heteroatoms. The van der Waals surface area contributed by atoms with Crippen LogP contribution in [0, 0.1) is 0 Å². The Hall–Kier alpha value is -0.910. The van der Waals surface area contributed by atoms with Gasteiger partial charge in [0.05, 0.1) is 5.69 Å². The van der Waals surface area contributed by atoms with Crippen LogP contribution >= 0.6 is 0 Å². The number of hydrogen-bond donors (Lipinski definition) is 0. The molecule has 0 N–H and O–H groups in total. The first-order valence-electron chi connectivity index (χ1n) is 4.11. The highest BCUT2D eigenvalue weighted by molar-refractivity contribution is 7.86. The molecule has 14 heavy (non-hydrogen) atoms. The van der Waals surface area contributed by atoms with Crippen molar-refractivity contribution in [3.63, 3.8) is 0 Å². The Morgan fingerprint density at radius 2 is 1.93 bits per heavy atom. The van der Waals surface area contributed by atoms with E-state index in [1.54, 1.807) is 27.8 Å². The number of hydrogen-bond acceptors (Lipinski definition) is 3. The molecule has 80 valence electrons. The molecule has 0 aliphatic heterocycles. The van der Waals surface area contributed by atoms with Crippen molar-refractivity contribution in [3.8, 4) is 0 Å². The molecule has 1 aromatic rings. The van der Waals surface area contributed by atoms with Gasteiger partial charge in [-0.05, 0) is 0 Å². The minimum absolute atomic E-state index is 0.252. The predicted octanol–water partition coefficient (Wildman–Crippen LogP) is 1.38. The van der Waals surface area contributed by atoms with Gasteiger partial charge in [0.25, 0.3) is 0 Å². The summed E-state index contributed by atoms with van der Waals surface area (Å²) < 4.78 is 35.7. The van der Waals surface area contributed by atoms with Gasteiger partial charge in [0, 0.05) is 18.7 Å². The monoisotopic (exact) mass is 220 g/mol. The zero-order valence-corrected chi connectivity index (χ0v) is 9.39. The molecule has 0 amide bonds. The summed E-state index contributed by atoms with van der Waals surface area (Å²) in [6.45, 7) is 5.35. The van der Waals surface area contributed by atoms with E-state index in [4.69, 9.17) is 0 Å². The average molecular weight is 220 g/mol. The zero-order valence-electron chi connectivity index (χ0n) is 8.57. The molecular weight excluding hydrogens is 207 g/mol. The molecule has 1 aromatic heterocycles. The number of aromatic nitrogens is 2. The lowest BCUT2D eigenvalue weighted by molar-refractivity contribution is 0.525. The Balaban J connectivity index is 3.46. The Bertz CT molecular complexity index is 442. The third kappa shape index (κ3) is 2.12. The molecule has 1 heterocycles. The molecule has 0 aromatic carbocycles. The first-order valence-corrected chi connectivity index (χ1v) is 5.49. The minimum atomic E-state index is -4.68. The van der Waals surface area contributed by atoms with Crippen LogP contribution in [0.2, 0.25) is 0 Å². The summed E-state index contributed by atoms with van der Waals surface area (Å²) in [7, 11) is -3.12. The first kappa shape index (κ1) is 11.2. The fourth-order valence-electron chi connectivity index (χ4n) is 1.16. The van der Waals surface area contributed by atoms with Crippen LogP contribution in [0.1, 0.15) is 26.5 Å². The number of aryl methyl sites for hydroxylation is 1. The second kappa shape index (κ2) is 3.05. The average Bonchev–Trinajstić information content (AvgIpc) is 2.27. The van der Waals surface area contributed by atoms with Crippen LogP contribution in [0.4, 0.5) is 3.89 Å². The lowest BCUT2D eigenvalue weighted by Gasteiger charge is -2.15.